The van der Waals surface area contributed by atoms with Crippen LogP contribution in [0.3, 0.4) is 0 Å². The fourth-order valence-electron chi connectivity index (χ4n) is 5.77. The fraction of sp³-hybridized carbons (Fsp3) is 0.387. The fourth-order valence-corrected chi connectivity index (χ4v) is 7.62. The molecule has 2 aliphatic rings. The second-order valence-electron chi connectivity index (χ2n) is 10.3. The normalized spacial score (nSPS) is 19.1. The second-order valence-corrected chi connectivity index (χ2v) is 12.7. The highest BCUT2D eigenvalue weighted by atomic mass is 35.5. The molecule has 9 heteroatoms. The van der Waals surface area contributed by atoms with Gasteiger partial charge in [-0.2, -0.15) is 4.31 Å². The van der Waals surface area contributed by atoms with Crippen molar-refractivity contribution >= 4 is 27.5 Å². The zero-order chi connectivity index (χ0) is 28.1. The Kier molecular flexibility index (Phi) is 9.10. The van der Waals surface area contributed by atoms with Crippen LogP contribution in [0.15, 0.2) is 83.8 Å². The smallest absolute Gasteiger partial charge is 0.243 e. The molecule has 0 N–H and O–H groups in total. The number of hydrogen-bond acceptors (Lipinski definition) is 5. The minimum atomic E-state index is -3.78. The Morgan fingerprint density at radius 2 is 1.55 bits per heavy atom. The molecule has 2 fully saturated rings. The van der Waals surface area contributed by atoms with Gasteiger partial charge in [0.25, 0.3) is 0 Å². The Morgan fingerprint density at radius 1 is 0.925 bits per heavy atom. The predicted octanol–water partition coefficient (Wildman–Crippen LogP) is 5.07. The van der Waals surface area contributed by atoms with Gasteiger partial charge in [0.05, 0.1) is 28.5 Å². The lowest BCUT2D eigenvalue weighted by Gasteiger charge is -2.41. The van der Waals surface area contributed by atoms with Crippen molar-refractivity contribution < 1.29 is 17.9 Å². The molecule has 1 atom stereocenters. The van der Waals surface area contributed by atoms with Crippen molar-refractivity contribution in [3.05, 3.63) is 95.0 Å². The number of halogens is 1. The second kappa shape index (κ2) is 12.7. The van der Waals surface area contributed by atoms with Crippen molar-refractivity contribution in [3.63, 3.8) is 0 Å². The molecule has 2 aliphatic heterocycles. The van der Waals surface area contributed by atoms with E-state index < -0.39 is 10.0 Å². The molecule has 3 aromatic carbocycles. The van der Waals surface area contributed by atoms with E-state index in [1.807, 2.05) is 24.0 Å². The van der Waals surface area contributed by atoms with Crippen LogP contribution in [0.5, 0.6) is 5.75 Å². The summed E-state index contributed by atoms with van der Waals surface area (Å²) in [6.07, 6.45) is 1.33. The summed E-state index contributed by atoms with van der Waals surface area (Å²) in [7, 11) is -3.78. The Labute approximate surface area is 242 Å². The third kappa shape index (κ3) is 6.20. The van der Waals surface area contributed by atoms with Crippen LogP contribution >= 0.6 is 11.6 Å². The van der Waals surface area contributed by atoms with Gasteiger partial charge in [0.2, 0.25) is 15.9 Å². The van der Waals surface area contributed by atoms with Gasteiger partial charge in [-0.25, -0.2) is 8.42 Å². The number of piperidine rings is 1. The van der Waals surface area contributed by atoms with Crippen LogP contribution in [0, 0.1) is 5.92 Å². The summed E-state index contributed by atoms with van der Waals surface area (Å²) in [4.78, 5) is 18.1. The number of piperazine rings is 1. The molecule has 0 unspecified atom stereocenters. The van der Waals surface area contributed by atoms with Crippen molar-refractivity contribution in [3.8, 4) is 5.75 Å². The molecule has 0 radical (unpaired) electrons. The summed E-state index contributed by atoms with van der Waals surface area (Å²) in [6.45, 7) is 5.59. The summed E-state index contributed by atoms with van der Waals surface area (Å²) >= 11 is 6.27. The van der Waals surface area contributed by atoms with Gasteiger partial charge in [-0.1, -0.05) is 72.3 Å². The van der Waals surface area contributed by atoms with Crippen molar-refractivity contribution in [1.82, 2.24) is 14.1 Å². The van der Waals surface area contributed by atoms with Gasteiger partial charge in [-0.15, -0.1) is 0 Å². The molecule has 1 amide bonds. The minimum Gasteiger partial charge on any atom is -0.492 e. The Hall–Kier alpha value is -2.91. The van der Waals surface area contributed by atoms with Gasteiger partial charge < -0.3 is 9.64 Å². The Morgan fingerprint density at radius 3 is 2.12 bits per heavy atom. The van der Waals surface area contributed by atoms with Gasteiger partial charge in [0.15, 0.2) is 0 Å². The summed E-state index contributed by atoms with van der Waals surface area (Å²) in [5.41, 5.74) is 2.46. The highest BCUT2D eigenvalue weighted by molar-refractivity contribution is 7.89. The maximum Gasteiger partial charge on any atom is 0.243 e. The zero-order valence-electron chi connectivity index (χ0n) is 22.8. The molecule has 0 spiro atoms. The monoisotopic (exact) mass is 581 g/mol. The maximum atomic E-state index is 13.6. The first-order valence-corrected chi connectivity index (χ1v) is 15.8. The first-order chi connectivity index (χ1) is 19.4. The summed E-state index contributed by atoms with van der Waals surface area (Å²) in [6, 6.07) is 25.6. The van der Waals surface area contributed by atoms with E-state index in [1.165, 1.54) is 27.6 Å². The maximum absolute atomic E-state index is 13.6. The van der Waals surface area contributed by atoms with E-state index in [4.69, 9.17) is 16.3 Å². The van der Waals surface area contributed by atoms with Crippen molar-refractivity contribution in [2.45, 2.75) is 30.7 Å². The van der Waals surface area contributed by atoms with Gasteiger partial charge in [0, 0.05) is 39.3 Å². The molecule has 5 rings (SSSR count). The minimum absolute atomic E-state index is 0.0419. The largest absolute Gasteiger partial charge is 0.492 e. The van der Waals surface area contributed by atoms with E-state index in [-0.39, 0.29) is 34.3 Å². The Bertz CT molecular complexity index is 1360. The molecule has 2 heterocycles. The van der Waals surface area contributed by atoms with Crippen molar-refractivity contribution in [2.75, 3.05) is 45.9 Å². The molecule has 40 heavy (non-hydrogen) atoms. The molecular formula is C31H36ClN3O4S. The molecule has 0 bridgehead atoms. The van der Waals surface area contributed by atoms with Crippen LogP contribution in [0.1, 0.15) is 36.9 Å². The number of ether oxygens (including phenoxy) is 1. The Balaban J connectivity index is 1.24. The lowest BCUT2D eigenvalue weighted by molar-refractivity contribution is -0.138. The zero-order valence-corrected chi connectivity index (χ0v) is 24.4. The molecule has 0 aliphatic carbocycles. The number of sulfonamides is 1. The first-order valence-electron chi connectivity index (χ1n) is 13.9. The number of amides is 1. The van der Waals surface area contributed by atoms with Gasteiger partial charge in [-0.05, 0) is 49.1 Å². The topological polar surface area (TPSA) is 70.2 Å². The van der Waals surface area contributed by atoms with Crippen LogP contribution in [0.4, 0.5) is 0 Å². The number of carbonyl (C=O) groups excluding carboxylic acids is 1. The van der Waals surface area contributed by atoms with E-state index >= 15 is 0 Å². The highest BCUT2D eigenvalue weighted by Gasteiger charge is 2.37. The van der Waals surface area contributed by atoms with Crippen LogP contribution in [-0.4, -0.2) is 74.3 Å². The summed E-state index contributed by atoms with van der Waals surface area (Å²) < 4.78 is 33.7. The van der Waals surface area contributed by atoms with Crippen molar-refractivity contribution in [2.24, 2.45) is 5.92 Å². The average molecular weight is 582 g/mol. The van der Waals surface area contributed by atoms with Crippen LogP contribution < -0.4 is 4.74 Å². The van der Waals surface area contributed by atoms with E-state index in [0.29, 0.717) is 44.8 Å². The van der Waals surface area contributed by atoms with Crippen LogP contribution in [-0.2, 0) is 14.8 Å². The first kappa shape index (κ1) is 28.6. The van der Waals surface area contributed by atoms with Gasteiger partial charge in [-0.3, -0.25) is 9.69 Å². The summed E-state index contributed by atoms with van der Waals surface area (Å²) in [5, 5.41) is 0.259. The van der Waals surface area contributed by atoms with E-state index in [0.717, 1.165) is 13.1 Å². The molecule has 3 aromatic rings. The molecule has 0 saturated carbocycles. The molecular weight excluding hydrogens is 546 g/mol. The van der Waals surface area contributed by atoms with Crippen molar-refractivity contribution in [1.29, 1.82) is 0 Å². The average Bonchev–Trinajstić information content (AvgIpc) is 2.99. The van der Waals surface area contributed by atoms with Crippen LogP contribution in [0.25, 0.3) is 0 Å². The standard InChI is InChI=1S/C31H36ClN3O4S/c1-2-39-29-16-15-27(22-28(29)32)40(37,38)35-17-9-14-26(23-35)31(36)34-20-18-33(19-21-34)30(24-10-5-3-6-11-24)25-12-7-4-8-13-25/h3-8,10-13,15-16,22,26,30H,2,9,14,17-21,23H2,1H3/t26-/m0/s1. The quantitative estimate of drug-likeness (QED) is 0.371. The summed E-state index contributed by atoms with van der Waals surface area (Å²) in [5.74, 6) is 0.142. The number of benzene rings is 3. The third-order valence-electron chi connectivity index (χ3n) is 7.80. The molecule has 212 valence electrons. The SMILES string of the molecule is CCOc1ccc(S(=O)(=O)N2CCC[C@H](C(=O)N3CCN(C(c4ccccc4)c4ccccc4)CC3)C2)cc1Cl. The van der Waals surface area contributed by atoms with Crippen LogP contribution in [0.2, 0.25) is 5.02 Å². The number of hydrogen-bond donors (Lipinski definition) is 0. The highest BCUT2D eigenvalue weighted by Crippen LogP contribution is 2.32. The van der Waals surface area contributed by atoms with E-state index in [1.54, 1.807) is 6.07 Å². The van der Waals surface area contributed by atoms with Gasteiger partial charge >= 0.3 is 0 Å². The number of rotatable bonds is 8. The third-order valence-corrected chi connectivity index (χ3v) is 9.95. The lowest BCUT2D eigenvalue weighted by Crippen LogP contribution is -2.53. The number of nitrogens with zero attached hydrogens (tertiary/aromatic N) is 3. The lowest BCUT2D eigenvalue weighted by atomic mass is 9.95. The molecule has 0 aromatic heterocycles. The van der Waals surface area contributed by atoms with E-state index in [2.05, 4.69) is 53.4 Å². The molecule has 2 saturated heterocycles. The predicted molar refractivity (Wildman–Crippen MR) is 157 cm³/mol. The van der Waals surface area contributed by atoms with Gasteiger partial charge in [0.1, 0.15) is 5.75 Å². The molecule has 7 nitrogen and oxygen atoms in total. The van der Waals surface area contributed by atoms with E-state index in [9.17, 15) is 13.2 Å². The number of carbonyl (C=O) groups is 1.